The summed E-state index contributed by atoms with van der Waals surface area (Å²) in [6, 6.07) is 0. The molecule has 2 rings (SSSR count). The molecule has 1 aromatic heterocycles. The highest BCUT2D eigenvalue weighted by Gasteiger charge is 2.35. The second-order valence-corrected chi connectivity index (χ2v) is 5.13. The van der Waals surface area contributed by atoms with Gasteiger partial charge in [0.15, 0.2) is 0 Å². The van der Waals surface area contributed by atoms with E-state index in [1.807, 2.05) is 13.8 Å². The maximum Gasteiger partial charge on any atom is 0.322 e. The Kier molecular flexibility index (Phi) is 3.76. The van der Waals surface area contributed by atoms with Crippen molar-refractivity contribution in [3.63, 3.8) is 0 Å². The Morgan fingerprint density at radius 1 is 1.40 bits per heavy atom. The molecule has 0 spiro atoms. The zero-order chi connectivity index (χ0) is 15.0. The van der Waals surface area contributed by atoms with Crippen molar-refractivity contribution in [2.45, 2.75) is 33.0 Å². The van der Waals surface area contributed by atoms with Gasteiger partial charge in [0.1, 0.15) is 5.69 Å². The molecule has 1 fully saturated rings. The number of aryl methyl sites for hydroxylation is 2. The Balaban J connectivity index is 2.36. The van der Waals surface area contributed by atoms with Gasteiger partial charge >= 0.3 is 5.69 Å². The minimum atomic E-state index is -0.553. The van der Waals surface area contributed by atoms with E-state index in [1.54, 1.807) is 11.9 Å². The Morgan fingerprint density at radius 3 is 2.45 bits per heavy atom. The van der Waals surface area contributed by atoms with Crippen LogP contribution in [0.3, 0.4) is 0 Å². The summed E-state index contributed by atoms with van der Waals surface area (Å²) in [5.74, 6) is -0.373. The van der Waals surface area contributed by atoms with E-state index in [9.17, 15) is 14.9 Å². The molecule has 0 N–H and O–H groups in total. The lowest BCUT2D eigenvalue weighted by Crippen LogP contribution is -2.48. The van der Waals surface area contributed by atoms with Gasteiger partial charge in [0.05, 0.1) is 17.1 Å². The number of morpholine rings is 1. The summed E-state index contributed by atoms with van der Waals surface area (Å²) >= 11 is 0. The summed E-state index contributed by atoms with van der Waals surface area (Å²) in [5, 5.41) is 15.1. The molecule has 20 heavy (non-hydrogen) atoms. The topological polar surface area (TPSA) is 90.5 Å². The average molecular weight is 282 g/mol. The van der Waals surface area contributed by atoms with Crippen LogP contribution < -0.4 is 0 Å². The Labute approximate surface area is 116 Å². The molecule has 8 nitrogen and oxygen atoms in total. The predicted octanol–water partition coefficient (Wildman–Crippen LogP) is 0.886. The number of ether oxygens (including phenoxy) is 1. The molecule has 1 saturated heterocycles. The summed E-state index contributed by atoms with van der Waals surface area (Å²) < 4.78 is 6.84. The SMILES string of the molecule is Cc1nn(C)c(C(=O)N2CC(C)OC(C)C2)c1[N+](=O)[O-]. The van der Waals surface area contributed by atoms with E-state index in [1.165, 1.54) is 11.6 Å². The maximum atomic E-state index is 12.6. The third kappa shape index (κ3) is 2.51. The van der Waals surface area contributed by atoms with Crippen molar-refractivity contribution in [2.24, 2.45) is 7.05 Å². The van der Waals surface area contributed by atoms with Crippen LogP contribution in [0, 0.1) is 17.0 Å². The maximum absolute atomic E-state index is 12.6. The number of nitrogens with zero attached hydrogens (tertiary/aromatic N) is 4. The van der Waals surface area contributed by atoms with E-state index in [4.69, 9.17) is 4.74 Å². The van der Waals surface area contributed by atoms with Crippen molar-refractivity contribution in [1.29, 1.82) is 0 Å². The fraction of sp³-hybridized carbons (Fsp3) is 0.667. The van der Waals surface area contributed by atoms with Gasteiger partial charge in [-0.25, -0.2) is 0 Å². The lowest BCUT2D eigenvalue weighted by molar-refractivity contribution is -0.385. The molecule has 0 aliphatic carbocycles. The molecule has 1 aliphatic heterocycles. The Hall–Kier alpha value is -1.96. The number of hydrogen-bond donors (Lipinski definition) is 0. The van der Waals surface area contributed by atoms with Gasteiger partial charge in [-0.3, -0.25) is 19.6 Å². The first kappa shape index (κ1) is 14.4. The van der Waals surface area contributed by atoms with Crippen molar-refractivity contribution in [3.8, 4) is 0 Å². The first-order valence-electron chi connectivity index (χ1n) is 6.44. The molecular weight excluding hydrogens is 264 g/mol. The van der Waals surface area contributed by atoms with E-state index in [-0.39, 0.29) is 35.2 Å². The van der Waals surface area contributed by atoms with Gasteiger partial charge < -0.3 is 9.64 Å². The van der Waals surface area contributed by atoms with Crippen molar-refractivity contribution >= 4 is 11.6 Å². The average Bonchev–Trinajstić information content (AvgIpc) is 2.62. The fourth-order valence-electron chi connectivity index (χ4n) is 2.60. The van der Waals surface area contributed by atoms with Crippen LogP contribution in [0.4, 0.5) is 5.69 Å². The van der Waals surface area contributed by atoms with Crippen LogP contribution in [0.15, 0.2) is 0 Å². The number of carbonyl (C=O) groups excluding carboxylic acids is 1. The number of nitro groups is 1. The predicted molar refractivity (Wildman–Crippen MR) is 70.5 cm³/mol. The highest BCUT2D eigenvalue weighted by Crippen LogP contribution is 2.25. The largest absolute Gasteiger partial charge is 0.372 e. The van der Waals surface area contributed by atoms with E-state index in [2.05, 4.69) is 5.10 Å². The molecule has 0 bridgehead atoms. The van der Waals surface area contributed by atoms with Gasteiger partial charge in [0, 0.05) is 20.1 Å². The second-order valence-electron chi connectivity index (χ2n) is 5.13. The quantitative estimate of drug-likeness (QED) is 0.593. The summed E-state index contributed by atoms with van der Waals surface area (Å²) in [7, 11) is 1.54. The van der Waals surface area contributed by atoms with Crippen LogP contribution in [-0.4, -0.2) is 50.8 Å². The first-order chi connectivity index (χ1) is 9.31. The molecule has 1 aliphatic rings. The van der Waals surface area contributed by atoms with Crippen molar-refractivity contribution in [1.82, 2.24) is 14.7 Å². The zero-order valence-corrected chi connectivity index (χ0v) is 12.0. The lowest BCUT2D eigenvalue weighted by Gasteiger charge is -2.35. The monoisotopic (exact) mass is 282 g/mol. The molecule has 110 valence electrons. The number of hydrogen-bond acceptors (Lipinski definition) is 5. The Morgan fingerprint density at radius 2 is 1.95 bits per heavy atom. The highest BCUT2D eigenvalue weighted by molar-refractivity contribution is 5.97. The molecule has 0 aromatic carbocycles. The molecule has 1 amide bonds. The number of carbonyl (C=O) groups is 1. The van der Waals surface area contributed by atoms with Gasteiger partial charge in [0.2, 0.25) is 5.69 Å². The number of aromatic nitrogens is 2. The third-order valence-corrected chi connectivity index (χ3v) is 3.28. The van der Waals surface area contributed by atoms with E-state index < -0.39 is 4.92 Å². The van der Waals surface area contributed by atoms with Gasteiger partial charge in [-0.15, -0.1) is 0 Å². The van der Waals surface area contributed by atoms with Crippen LogP contribution in [0.1, 0.15) is 30.0 Å². The van der Waals surface area contributed by atoms with Gasteiger partial charge in [0.25, 0.3) is 5.91 Å². The fourth-order valence-corrected chi connectivity index (χ4v) is 2.60. The van der Waals surface area contributed by atoms with Crippen LogP contribution >= 0.6 is 0 Å². The molecule has 8 heteroatoms. The second kappa shape index (κ2) is 5.20. The lowest BCUT2D eigenvalue weighted by atomic mass is 10.2. The summed E-state index contributed by atoms with van der Waals surface area (Å²) in [6.45, 7) is 6.12. The Bertz CT molecular complexity index is 544. The third-order valence-electron chi connectivity index (χ3n) is 3.28. The molecule has 1 aromatic rings. The minimum Gasteiger partial charge on any atom is -0.372 e. The number of amides is 1. The van der Waals surface area contributed by atoms with Crippen LogP contribution in [0.2, 0.25) is 0 Å². The number of rotatable bonds is 2. The molecular formula is C12H18N4O4. The highest BCUT2D eigenvalue weighted by atomic mass is 16.6. The van der Waals surface area contributed by atoms with Crippen molar-refractivity contribution < 1.29 is 14.5 Å². The smallest absolute Gasteiger partial charge is 0.322 e. The standard InChI is InChI=1S/C12H18N4O4/c1-7-5-15(6-8(2)20-7)12(17)11-10(16(18)19)9(3)13-14(11)4/h7-8H,5-6H2,1-4H3. The molecule has 2 heterocycles. The van der Waals surface area contributed by atoms with Gasteiger partial charge in [-0.1, -0.05) is 0 Å². The van der Waals surface area contributed by atoms with Gasteiger partial charge in [-0.2, -0.15) is 5.10 Å². The van der Waals surface area contributed by atoms with Crippen molar-refractivity contribution in [2.75, 3.05) is 13.1 Å². The summed E-state index contributed by atoms with van der Waals surface area (Å²) in [4.78, 5) is 24.7. The van der Waals surface area contributed by atoms with Crippen molar-refractivity contribution in [3.05, 3.63) is 21.5 Å². The van der Waals surface area contributed by atoms with E-state index >= 15 is 0 Å². The molecule has 2 atom stereocenters. The molecule has 0 radical (unpaired) electrons. The zero-order valence-electron chi connectivity index (χ0n) is 12.0. The van der Waals surface area contributed by atoms with E-state index in [0.717, 1.165) is 0 Å². The van der Waals surface area contributed by atoms with E-state index in [0.29, 0.717) is 13.1 Å². The van der Waals surface area contributed by atoms with Crippen LogP contribution in [0.25, 0.3) is 0 Å². The normalized spacial score (nSPS) is 22.9. The minimum absolute atomic E-state index is 0.0220. The van der Waals surface area contributed by atoms with Crippen LogP contribution in [0.5, 0.6) is 0 Å². The summed E-state index contributed by atoms with van der Waals surface area (Å²) in [6.07, 6.45) is -0.174. The molecule has 2 unspecified atom stereocenters. The molecule has 0 saturated carbocycles. The first-order valence-corrected chi connectivity index (χ1v) is 6.44. The summed E-state index contributed by atoms with van der Waals surface area (Å²) in [5.41, 5.74) is 0.0494. The van der Waals surface area contributed by atoms with Gasteiger partial charge in [-0.05, 0) is 20.8 Å². The van der Waals surface area contributed by atoms with Crippen LogP contribution in [-0.2, 0) is 11.8 Å².